The third kappa shape index (κ3) is 3.77. The first-order valence-electron chi connectivity index (χ1n) is 8.66. The molecule has 134 valence electrons. The molecule has 0 aliphatic heterocycles. The van der Waals surface area contributed by atoms with Gasteiger partial charge in [0.15, 0.2) is 0 Å². The van der Waals surface area contributed by atoms with Gasteiger partial charge in [-0.1, -0.05) is 48.5 Å². The van der Waals surface area contributed by atoms with Crippen LogP contribution in [0.3, 0.4) is 0 Å². The van der Waals surface area contributed by atoms with Crippen LogP contribution in [0.2, 0.25) is 0 Å². The van der Waals surface area contributed by atoms with Crippen LogP contribution in [0.1, 0.15) is 35.0 Å². The highest BCUT2D eigenvalue weighted by atomic mass is 16.5. The SMILES string of the molecule is CCCOc1cc(C)ccc1NC(=O)c1c(-c2ccccc2)noc1C. The van der Waals surface area contributed by atoms with Gasteiger partial charge < -0.3 is 14.6 Å². The quantitative estimate of drug-likeness (QED) is 0.679. The van der Waals surface area contributed by atoms with Crippen LogP contribution < -0.4 is 10.1 Å². The zero-order valence-corrected chi connectivity index (χ0v) is 15.2. The Balaban J connectivity index is 1.91. The molecular weight excluding hydrogens is 328 g/mol. The molecule has 0 aliphatic carbocycles. The van der Waals surface area contributed by atoms with E-state index in [1.54, 1.807) is 6.92 Å². The van der Waals surface area contributed by atoms with Crippen molar-refractivity contribution in [3.8, 4) is 17.0 Å². The van der Waals surface area contributed by atoms with Crippen LogP contribution in [-0.4, -0.2) is 17.7 Å². The van der Waals surface area contributed by atoms with Crippen LogP contribution in [0.5, 0.6) is 5.75 Å². The Morgan fingerprint density at radius 3 is 2.65 bits per heavy atom. The van der Waals surface area contributed by atoms with Gasteiger partial charge in [0.05, 0.1) is 12.3 Å². The van der Waals surface area contributed by atoms with Crippen molar-refractivity contribution in [2.75, 3.05) is 11.9 Å². The number of rotatable bonds is 6. The van der Waals surface area contributed by atoms with E-state index in [9.17, 15) is 4.79 Å². The molecule has 2 aromatic carbocycles. The van der Waals surface area contributed by atoms with E-state index in [2.05, 4.69) is 10.5 Å². The highest BCUT2D eigenvalue weighted by Gasteiger charge is 2.22. The molecule has 0 atom stereocenters. The normalized spacial score (nSPS) is 10.6. The Morgan fingerprint density at radius 1 is 1.15 bits per heavy atom. The van der Waals surface area contributed by atoms with Gasteiger partial charge in [-0.05, 0) is 38.0 Å². The number of aryl methyl sites for hydroxylation is 2. The predicted molar refractivity (Wildman–Crippen MR) is 102 cm³/mol. The maximum Gasteiger partial charge on any atom is 0.261 e. The van der Waals surface area contributed by atoms with Crippen LogP contribution >= 0.6 is 0 Å². The third-order valence-corrected chi connectivity index (χ3v) is 3.98. The molecule has 3 aromatic rings. The number of hydrogen-bond acceptors (Lipinski definition) is 4. The predicted octanol–water partition coefficient (Wildman–Crippen LogP) is 5.00. The molecule has 26 heavy (non-hydrogen) atoms. The van der Waals surface area contributed by atoms with Gasteiger partial charge in [-0.25, -0.2) is 0 Å². The molecule has 0 unspecified atom stereocenters. The van der Waals surface area contributed by atoms with Gasteiger partial charge in [-0.3, -0.25) is 4.79 Å². The van der Waals surface area contributed by atoms with Gasteiger partial charge in [-0.15, -0.1) is 0 Å². The van der Waals surface area contributed by atoms with Gasteiger partial charge in [0.2, 0.25) is 0 Å². The zero-order chi connectivity index (χ0) is 18.5. The fourth-order valence-corrected chi connectivity index (χ4v) is 2.68. The molecule has 0 fully saturated rings. The molecule has 0 saturated carbocycles. The first-order valence-corrected chi connectivity index (χ1v) is 8.66. The molecule has 0 spiro atoms. The maximum atomic E-state index is 12.9. The van der Waals surface area contributed by atoms with Crippen molar-refractivity contribution in [1.29, 1.82) is 0 Å². The topological polar surface area (TPSA) is 64.4 Å². The lowest BCUT2D eigenvalue weighted by atomic mass is 10.1. The molecule has 5 heteroatoms. The van der Waals surface area contributed by atoms with Crippen LogP contribution in [0, 0.1) is 13.8 Å². The fraction of sp³-hybridized carbons (Fsp3) is 0.238. The first kappa shape index (κ1) is 17.7. The van der Waals surface area contributed by atoms with Crippen molar-refractivity contribution in [3.05, 3.63) is 65.4 Å². The summed E-state index contributed by atoms with van der Waals surface area (Å²) >= 11 is 0. The number of anilines is 1. The average molecular weight is 350 g/mol. The summed E-state index contributed by atoms with van der Waals surface area (Å²) in [7, 11) is 0. The van der Waals surface area contributed by atoms with E-state index >= 15 is 0 Å². The highest BCUT2D eigenvalue weighted by Crippen LogP contribution is 2.29. The molecule has 3 rings (SSSR count). The molecule has 0 saturated heterocycles. The van der Waals surface area contributed by atoms with E-state index in [1.807, 2.05) is 62.4 Å². The van der Waals surface area contributed by atoms with Crippen LogP contribution in [0.15, 0.2) is 53.1 Å². The van der Waals surface area contributed by atoms with Gasteiger partial charge >= 0.3 is 0 Å². The maximum absolute atomic E-state index is 12.9. The lowest BCUT2D eigenvalue weighted by molar-refractivity contribution is 0.102. The zero-order valence-electron chi connectivity index (χ0n) is 15.2. The van der Waals surface area contributed by atoms with Gasteiger partial charge in [0, 0.05) is 5.56 Å². The van der Waals surface area contributed by atoms with Crippen molar-refractivity contribution in [1.82, 2.24) is 5.16 Å². The molecule has 1 amide bonds. The summed E-state index contributed by atoms with van der Waals surface area (Å²) in [6.45, 7) is 6.36. The minimum Gasteiger partial charge on any atom is -0.491 e. The number of carbonyl (C=O) groups is 1. The second-order valence-corrected chi connectivity index (χ2v) is 6.13. The molecule has 5 nitrogen and oxygen atoms in total. The number of carbonyl (C=O) groups excluding carboxylic acids is 1. The number of hydrogen-bond donors (Lipinski definition) is 1. The molecule has 0 aliphatic rings. The largest absolute Gasteiger partial charge is 0.491 e. The number of amides is 1. The molecule has 1 N–H and O–H groups in total. The Kier molecular flexibility index (Phi) is 5.37. The highest BCUT2D eigenvalue weighted by molar-refractivity contribution is 6.09. The number of benzene rings is 2. The third-order valence-electron chi connectivity index (χ3n) is 3.98. The van der Waals surface area contributed by atoms with E-state index < -0.39 is 0 Å². The second-order valence-electron chi connectivity index (χ2n) is 6.13. The molecular formula is C21H22N2O3. The Hall–Kier alpha value is -3.08. The van der Waals surface area contributed by atoms with Crippen LogP contribution in [0.4, 0.5) is 5.69 Å². The number of nitrogens with one attached hydrogen (secondary N) is 1. The Bertz CT molecular complexity index is 901. The molecule has 0 bridgehead atoms. The fourth-order valence-electron chi connectivity index (χ4n) is 2.68. The van der Waals surface area contributed by atoms with E-state index in [0.717, 1.165) is 17.5 Å². The molecule has 1 heterocycles. The average Bonchev–Trinajstić information content (AvgIpc) is 3.04. The van der Waals surface area contributed by atoms with Crippen molar-refractivity contribution >= 4 is 11.6 Å². The lowest BCUT2D eigenvalue weighted by Gasteiger charge is -2.13. The van der Waals surface area contributed by atoms with Crippen LogP contribution in [0.25, 0.3) is 11.3 Å². The second kappa shape index (κ2) is 7.87. The summed E-state index contributed by atoms with van der Waals surface area (Å²) < 4.78 is 11.1. The summed E-state index contributed by atoms with van der Waals surface area (Å²) in [5.74, 6) is 0.868. The summed E-state index contributed by atoms with van der Waals surface area (Å²) in [5, 5.41) is 7.00. The Morgan fingerprint density at radius 2 is 1.92 bits per heavy atom. The monoisotopic (exact) mass is 350 g/mol. The van der Waals surface area contributed by atoms with Crippen LogP contribution in [-0.2, 0) is 0 Å². The number of aromatic nitrogens is 1. The summed E-state index contributed by atoms with van der Waals surface area (Å²) in [6.07, 6.45) is 0.893. The van der Waals surface area contributed by atoms with E-state index in [0.29, 0.717) is 35.1 Å². The smallest absolute Gasteiger partial charge is 0.261 e. The number of ether oxygens (including phenoxy) is 1. The minimum atomic E-state index is -0.271. The Labute approximate surface area is 153 Å². The van der Waals surface area contributed by atoms with Crippen molar-refractivity contribution < 1.29 is 14.1 Å². The first-order chi connectivity index (χ1) is 12.6. The van der Waals surface area contributed by atoms with Gasteiger partial charge in [0.1, 0.15) is 22.8 Å². The van der Waals surface area contributed by atoms with E-state index in [-0.39, 0.29) is 5.91 Å². The molecule has 1 aromatic heterocycles. The van der Waals surface area contributed by atoms with Crippen molar-refractivity contribution in [3.63, 3.8) is 0 Å². The van der Waals surface area contributed by atoms with E-state index in [4.69, 9.17) is 9.26 Å². The summed E-state index contributed by atoms with van der Waals surface area (Å²) in [6, 6.07) is 15.2. The summed E-state index contributed by atoms with van der Waals surface area (Å²) in [5.41, 5.74) is 3.50. The van der Waals surface area contributed by atoms with Gasteiger partial charge in [-0.2, -0.15) is 0 Å². The standard InChI is InChI=1S/C21H22N2O3/c1-4-12-25-18-13-14(2)10-11-17(18)22-21(24)19-15(3)26-23-20(19)16-8-6-5-7-9-16/h5-11,13H,4,12H2,1-3H3,(H,22,24). The minimum absolute atomic E-state index is 0.271. The van der Waals surface area contributed by atoms with Crippen molar-refractivity contribution in [2.24, 2.45) is 0 Å². The van der Waals surface area contributed by atoms with Gasteiger partial charge in [0.25, 0.3) is 5.91 Å². The van der Waals surface area contributed by atoms with Crippen molar-refractivity contribution in [2.45, 2.75) is 27.2 Å². The number of nitrogens with zero attached hydrogens (tertiary/aromatic N) is 1. The lowest BCUT2D eigenvalue weighted by Crippen LogP contribution is -2.14. The van der Waals surface area contributed by atoms with E-state index in [1.165, 1.54) is 0 Å². The summed E-state index contributed by atoms with van der Waals surface area (Å²) in [4.78, 5) is 12.9. The molecule has 0 radical (unpaired) electrons.